The van der Waals surface area contributed by atoms with Crippen LogP contribution in [0.4, 0.5) is 5.82 Å². The average Bonchev–Trinajstić information content (AvgIpc) is 2.38. The van der Waals surface area contributed by atoms with Gasteiger partial charge >= 0.3 is 5.97 Å². The highest BCUT2D eigenvalue weighted by Gasteiger charge is 2.16. The van der Waals surface area contributed by atoms with E-state index in [-0.39, 0.29) is 11.8 Å². The molecule has 0 radical (unpaired) electrons. The number of nitrogens with one attached hydrogen (secondary N) is 1. The Kier molecular flexibility index (Phi) is 4.09. The van der Waals surface area contributed by atoms with Crippen molar-refractivity contribution >= 4 is 11.8 Å². The molecule has 1 aliphatic heterocycles. The SMILES string of the molecule is Cc1c(NC[C@H]2CCCCO2)ncnc1C(=O)O. The van der Waals surface area contributed by atoms with Gasteiger partial charge in [-0.2, -0.15) is 0 Å². The molecule has 1 aromatic rings. The molecule has 1 fully saturated rings. The molecule has 2 N–H and O–H groups in total. The molecule has 1 saturated heterocycles. The predicted molar refractivity (Wildman–Crippen MR) is 65.8 cm³/mol. The number of anilines is 1. The molecule has 98 valence electrons. The van der Waals surface area contributed by atoms with Crippen molar-refractivity contribution in [2.45, 2.75) is 32.3 Å². The number of rotatable bonds is 4. The van der Waals surface area contributed by atoms with E-state index < -0.39 is 5.97 Å². The lowest BCUT2D eigenvalue weighted by Crippen LogP contribution is -2.27. The second-order valence-corrected chi connectivity index (χ2v) is 4.37. The van der Waals surface area contributed by atoms with Gasteiger partial charge in [0.1, 0.15) is 12.1 Å². The molecule has 0 spiro atoms. The first-order valence-electron chi connectivity index (χ1n) is 6.09. The van der Waals surface area contributed by atoms with E-state index in [2.05, 4.69) is 15.3 Å². The van der Waals surface area contributed by atoms with E-state index in [1.165, 1.54) is 12.7 Å². The highest BCUT2D eigenvalue weighted by Crippen LogP contribution is 2.16. The molecule has 0 aromatic carbocycles. The number of carbonyl (C=O) groups is 1. The van der Waals surface area contributed by atoms with Crippen LogP contribution in [0.1, 0.15) is 35.3 Å². The van der Waals surface area contributed by atoms with Gasteiger partial charge in [-0.25, -0.2) is 14.8 Å². The fourth-order valence-electron chi connectivity index (χ4n) is 2.02. The minimum Gasteiger partial charge on any atom is -0.476 e. The number of hydrogen-bond donors (Lipinski definition) is 2. The van der Waals surface area contributed by atoms with Gasteiger partial charge in [0.25, 0.3) is 0 Å². The van der Waals surface area contributed by atoms with E-state index in [9.17, 15) is 4.79 Å². The lowest BCUT2D eigenvalue weighted by molar-refractivity contribution is 0.0247. The zero-order chi connectivity index (χ0) is 13.0. The Hall–Kier alpha value is -1.69. The van der Waals surface area contributed by atoms with E-state index in [1.54, 1.807) is 6.92 Å². The second-order valence-electron chi connectivity index (χ2n) is 4.37. The first-order chi connectivity index (χ1) is 8.68. The summed E-state index contributed by atoms with van der Waals surface area (Å²) < 4.78 is 5.60. The maximum absolute atomic E-state index is 10.9. The average molecular weight is 251 g/mol. The van der Waals surface area contributed by atoms with Crippen LogP contribution in [-0.4, -0.2) is 40.3 Å². The summed E-state index contributed by atoms with van der Waals surface area (Å²) in [5, 5.41) is 12.1. The molecule has 2 rings (SSSR count). The van der Waals surface area contributed by atoms with Crippen molar-refractivity contribution in [2.75, 3.05) is 18.5 Å². The van der Waals surface area contributed by atoms with Gasteiger partial charge in [-0.15, -0.1) is 0 Å². The molecule has 6 heteroatoms. The van der Waals surface area contributed by atoms with Crippen LogP contribution in [0, 0.1) is 6.92 Å². The summed E-state index contributed by atoms with van der Waals surface area (Å²) in [4.78, 5) is 18.8. The zero-order valence-electron chi connectivity index (χ0n) is 10.3. The van der Waals surface area contributed by atoms with Gasteiger partial charge in [-0.1, -0.05) is 0 Å². The third-order valence-corrected chi connectivity index (χ3v) is 3.06. The van der Waals surface area contributed by atoms with E-state index in [1.807, 2.05) is 0 Å². The molecule has 1 atom stereocenters. The van der Waals surface area contributed by atoms with Crippen molar-refractivity contribution in [3.63, 3.8) is 0 Å². The van der Waals surface area contributed by atoms with E-state index >= 15 is 0 Å². The molecule has 0 aliphatic carbocycles. The monoisotopic (exact) mass is 251 g/mol. The minimum absolute atomic E-state index is 0.0389. The van der Waals surface area contributed by atoms with E-state index in [0.717, 1.165) is 19.4 Å². The first kappa shape index (κ1) is 12.8. The number of carboxylic acid groups (broad SMARTS) is 1. The fraction of sp³-hybridized carbons (Fsp3) is 0.583. The van der Waals surface area contributed by atoms with Crippen molar-refractivity contribution in [3.8, 4) is 0 Å². The molecule has 6 nitrogen and oxygen atoms in total. The molecule has 2 heterocycles. The van der Waals surface area contributed by atoms with Crippen molar-refractivity contribution in [3.05, 3.63) is 17.6 Å². The third-order valence-electron chi connectivity index (χ3n) is 3.06. The predicted octanol–water partition coefficient (Wildman–Crippen LogP) is 1.46. The van der Waals surface area contributed by atoms with Crippen LogP contribution in [-0.2, 0) is 4.74 Å². The molecule has 0 unspecified atom stereocenters. The summed E-state index contributed by atoms with van der Waals surface area (Å²) in [6.07, 6.45) is 4.77. The molecular formula is C12H17N3O3. The Bertz CT molecular complexity index is 431. The zero-order valence-corrected chi connectivity index (χ0v) is 10.3. The first-order valence-corrected chi connectivity index (χ1v) is 6.09. The van der Waals surface area contributed by atoms with Crippen LogP contribution in [0.15, 0.2) is 6.33 Å². The number of nitrogens with zero attached hydrogens (tertiary/aromatic N) is 2. The summed E-state index contributed by atoms with van der Waals surface area (Å²) in [5.74, 6) is -0.469. The molecule has 1 aromatic heterocycles. The van der Waals surface area contributed by atoms with Crippen molar-refractivity contribution in [2.24, 2.45) is 0 Å². The summed E-state index contributed by atoms with van der Waals surface area (Å²) in [5.41, 5.74) is 0.595. The van der Waals surface area contributed by atoms with Gasteiger partial charge in [-0.05, 0) is 26.2 Å². The number of hydrogen-bond acceptors (Lipinski definition) is 5. The van der Waals surface area contributed by atoms with Crippen LogP contribution >= 0.6 is 0 Å². The molecule has 1 aliphatic rings. The Morgan fingerprint density at radius 3 is 3.06 bits per heavy atom. The molecule has 18 heavy (non-hydrogen) atoms. The van der Waals surface area contributed by atoms with E-state index in [0.29, 0.717) is 17.9 Å². The quantitative estimate of drug-likeness (QED) is 0.842. The van der Waals surface area contributed by atoms with Crippen LogP contribution in [0.25, 0.3) is 0 Å². The molecule has 0 amide bonds. The second kappa shape index (κ2) is 5.77. The van der Waals surface area contributed by atoms with Gasteiger partial charge < -0.3 is 15.2 Å². The third kappa shape index (κ3) is 2.95. The van der Waals surface area contributed by atoms with E-state index in [4.69, 9.17) is 9.84 Å². The Balaban J connectivity index is 2.00. The topological polar surface area (TPSA) is 84.3 Å². The van der Waals surface area contributed by atoms with Crippen molar-refractivity contribution in [1.29, 1.82) is 0 Å². The molecule has 0 bridgehead atoms. The maximum Gasteiger partial charge on any atom is 0.354 e. The van der Waals surface area contributed by atoms with Gasteiger partial charge in [0, 0.05) is 18.7 Å². The lowest BCUT2D eigenvalue weighted by atomic mass is 10.1. The largest absolute Gasteiger partial charge is 0.476 e. The molecule has 0 saturated carbocycles. The highest BCUT2D eigenvalue weighted by atomic mass is 16.5. The van der Waals surface area contributed by atoms with Gasteiger partial charge in [-0.3, -0.25) is 0 Å². The van der Waals surface area contributed by atoms with Gasteiger partial charge in [0.05, 0.1) is 6.10 Å². The summed E-state index contributed by atoms with van der Waals surface area (Å²) in [6, 6.07) is 0. The number of carboxylic acids is 1. The van der Waals surface area contributed by atoms with Crippen molar-refractivity contribution in [1.82, 2.24) is 9.97 Å². The van der Waals surface area contributed by atoms with Gasteiger partial charge in [0.15, 0.2) is 5.69 Å². The van der Waals surface area contributed by atoms with Crippen molar-refractivity contribution < 1.29 is 14.6 Å². The van der Waals surface area contributed by atoms with Gasteiger partial charge in [0.2, 0.25) is 0 Å². The van der Waals surface area contributed by atoms with Crippen LogP contribution in [0.5, 0.6) is 0 Å². The Morgan fingerprint density at radius 1 is 1.56 bits per heavy atom. The van der Waals surface area contributed by atoms with Crippen LogP contribution < -0.4 is 5.32 Å². The summed E-state index contributed by atoms with van der Waals surface area (Å²) in [6.45, 7) is 3.15. The maximum atomic E-state index is 10.9. The molecular weight excluding hydrogens is 234 g/mol. The summed E-state index contributed by atoms with van der Waals surface area (Å²) in [7, 11) is 0. The smallest absolute Gasteiger partial charge is 0.354 e. The number of ether oxygens (including phenoxy) is 1. The highest BCUT2D eigenvalue weighted by molar-refractivity contribution is 5.88. The lowest BCUT2D eigenvalue weighted by Gasteiger charge is -2.23. The number of aromatic nitrogens is 2. The van der Waals surface area contributed by atoms with Crippen LogP contribution in [0.2, 0.25) is 0 Å². The normalized spacial score (nSPS) is 19.5. The fourth-order valence-corrected chi connectivity index (χ4v) is 2.02. The Morgan fingerprint density at radius 2 is 2.39 bits per heavy atom. The standard InChI is InChI=1S/C12H17N3O3/c1-8-10(12(16)17)14-7-15-11(8)13-6-9-4-2-3-5-18-9/h7,9H,2-6H2,1H3,(H,16,17)(H,13,14,15)/t9-/m1/s1. The number of aromatic carboxylic acids is 1. The van der Waals surface area contributed by atoms with Crippen LogP contribution in [0.3, 0.4) is 0 Å². The Labute approximate surface area is 105 Å². The minimum atomic E-state index is -1.04. The summed E-state index contributed by atoms with van der Waals surface area (Å²) >= 11 is 0.